The highest BCUT2D eigenvalue weighted by Crippen LogP contribution is 2.33. The van der Waals surface area contributed by atoms with Gasteiger partial charge in [-0.05, 0) is 37.6 Å². The van der Waals surface area contributed by atoms with Crippen LogP contribution in [0.25, 0.3) is 11.4 Å². The van der Waals surface area contributed by atoms with Gasteiger partial charge in [-0.2, -0.15) is 0 Å². The highest BCUT2D eigenvalue weighted by atomic mass is 35.5. The van der Waals surface area contributed by atoms with Crippen LogP contribution in [-0.4, -0.2) is 32.5 Å². The van der Waals surface area contributed by atoms with E-state index in [0.29, 0.717) is 34.1 Å². The molecule has 0 spiro atoms. The lowest BCUT2D eigenvalue weighted by Crippen LogP contribution is -2.30. The number of nitrogens with one attached hydrogen (secondary N) is 1. The van der Waals surface area contributed by atoms with Crippen molar-refractivity contribution in [2.24, 2.45) is 0 Å². The fourth-order valence-electron chi connectivity index (χ4n) is 2.68. The summed E-state index contributed by atoms with van der Waals surface area (Å²) in [6.45, 7) is 4.90. The molecule has 3 aromatic rings. The third kappa shape index (κ3) is 4.87. The number of halogens is 2. The number of rotatable bonds is 7. The topological polar surface area (TPSA) is 59.8 Å². The predicted octanol–water partition coefficient (Wildman–Crippen LogP) is 4.92. The fraction of sp³-hybridized carbons (Fsp3) is 0.250. The molecule has 0 radical (unpaired) electrons. The normalized spacial score (nSPS) is 12.0. The molecule has 0 saturated carbocycles. The van der Waals surface area contributed by atoms with Crippen LogP contribution < -0.4 is 5.32 Å². The van der Waals surface area contributed by atoms with E-state index in [1.54, 1.807) is 12.1 Å². The lowest BCUT2D eigenvalue weighted by molar-refractivity contribution is -0.120. The molecule has 1 heterocycles. The third-order valence-corrected chi connectivity index (χ3v) is 5.70. The molecular formula is C20H20Cl2N4OS. The molecule has 0 fully saturated rings. The van der Waals surface area contributed by atoms with E-state index < -0.39 is 0 Å². The molecule has 1 N–H and O–H groups in total. The van der Waals surface area contributed by atoms with Crippen LogP contribution in [0.1, 0.15) is 19.4 Å². The number of hydrogen-bond donors (Lipinski definition) is 1. The van der Waals surface area contributed by atoms with Gasteiger partial charge < -0.3 is 5.32 Å². The summed E-state index contributed by atoms with van der Waals surface area (Å²) in [6, 6.07) is 15.3. The first kappa shape index (κ1) is 20.7. The van der Waals surface area contributed by atoms with Crippen molar-refractivity contribution in [1.82, 2.24) is 20.1 Å². The molecule has 1 unspecified atom stereocenters. The van der Waals surface area contributed by atoms with Crippen molar-refractivity contribution in [2.45, 2.75) is 30.8 Å². The average Bonchev–Trinajstić information content (AvgIpc) is 3.05. The van der Waals surface area contributed by atoms with Gasteiger partial charge in [-0.15, -0.1) is 10.2 Å². The van der Waals surface area contributed by atoms with E-state index in [9.17, 15) is 4.79 Å². The molecular weight excluding hydrogens is 415 g/mol. The number of benzene rings is 2. The molecule has 1 aromatic heterocycles. The summed E-state index contributed by atoms with van der Waals surface area (Å²) in [5.74, 6) is 0.601. The van der Waals surface area contributed by atoms with Crippen molar-refractivity contribution >= 4 is 40.9 Å². The van der Waals surface area contributed by atoms with Crippen molar-refractivity contribution in [1.29, 1.82) is 0 Å². The van der Waals surface area contributed by atoms with Crippen molar-refractivity contribution in [3.8, 4) is 11.4 Å². The molecule has 1 atom stereocenters. The van der Waals surface area contributed by atoms with Gasteiger partial charge in [-0.3, -0.25) is 9.36 Å². The number of carbonyl (C=O) groups is 1. The highest BCUT2D eigenvalue weighted by molar-refractivity contribution is 8.00. The Hall–Kier alpha value is -2.02. The standard InChI is InChI=1S/C20H20Cl2N4OS/c1-3-23-19(27)13(2)28-20-25-24-18(16-10-9-15(21)11-17(16)22)26(20)12-14-7-5-4-6-8-14/h4-11,13H,3,12H2,1-2H3,(H,23,27). The minimum Gasteiger partial charge on any atom is -0.355 e. The summed E-state index contributed by atoms with van der Waals surface area (Å²) >= 11 is 13.8. The maximum atomic E-state index is 12.2. The smallest absolute Gasteiger partial charge is 0.233 e. The van der Waals surface area contributed by atoms with Crippen LogP contribution in [0.5, 0.6) is 0 Å². The van der Waals surface area contributed by atoms with E-state index in [-0.39, 0.29) is 11.2 Å². The van der Waals surface area contributed by atoms with Gasteiger partial charge in [-0.1, -0.05) is 65.3 Å². The minimum atomic E-state index is -0.299. The van der Waals surface area contributed by atoms with Gasteiger partial charge in [0.1, 0.15) is 0 Å². The molecule has 2 aromatic carbocycles. The van der Waals surface area contributed by atoms with E-state index in [1.165, 1.54) is 11.8 Å². The Kier molecular flexibility index (Phi) is 6.99. The van der Waals surface area contributed by atoms with E-state index in [1.807, 2.05) is 54.8 Å². The van der Waals surface area contributed by atoms with Crippen LogP contribution in [0.2, 0.25) is 10.0 Å². The summed E-state index contributed by atoms with van der Waals surface area (Å²) in [7, 11) is 0. The second kappa shape index (κ2) is 9.45. The van der Waals surface area contributed by atoms with E-state index in [2.05, 4.69) is 15.5 Å². The Bertz CT molecular complexity index is 962. The van der Waals surface area contributed by atoms with E-state index in [0.717, 1.165) is 11.1 Å². The zero-order valence-corrected chi connectivity index (χ0v) is 17.9. The largest absolute Gasteiger partial charge is 0.355 e. The molecule has 0 aliphatic rings. The second-order valence-electron chi connectivity index (χ2n) is 6.16. The monoisotopic (exact) mass is 434 g/mol. The Balaban J connectivity index is 2.00. The summed E-state index contributed by atoms with van der Waals surface area (Å²) in [4.78, 5) is 12.2. The van der Waals surface area contributed by atoms with Crippen molar-refractivity contribution in [3.63, 3.8) is 0 Å². The molecule has 8 heteroatoms. The third-order valence-electron chi connectivity index (χ3n) is 4.07. The number of nitrogens with zero attached hydrogens (tertiary/aromatic N) is 3. The first-order valence-electron chi connectivity index (χ1n) is 8.86. The lowest BCUT2D eigenvalue weighted by Gasteiger charge is -2.14. The Morgan fingerprint density at radius 2 is 1.93 bits per heavy atom. The number of aromatic nitrogens is 3. The van der Waals surface area contributed by atoms with Crippen LogP contribution >= 0.6 is 35.0 Å². The van der Waals surface area contributed by atoms with Crippen molar-refractivity contribution in [3.05, 3.63) is 64.1 Å². The zero-order chi connectivity index (χ0) is 20.1. The summed E-state index contributed by atoms with van der Waals surface area (Å²) in [6.07, 6.45) is 0. The van der Waals surface area contributed by atoms with Gasteiger partial charge in [0.2, 0.25) is 5.91 Å². The maximum Gasteiger partial charge on any atom is 0.233 e. The number of amides is 1. The van der Waals surface area contributed by atoms with Crippen LogP contribution in [0, 0.1) is 0 Å². The minimum absolute atomic E-state index is 0.0344. The number of hydrogen-bond acceptors (Lipinski definition) is 4. The molecule has 5 nitrogen and oxygen atoms in total. The molecule has 0 aliphatic carbocycles. The molecule has 0 saturated heterocycles. The Labute approximate surface area is 178 Å². The average molecular weight is 435 g/mol. The summed E-state index contributed by atoms with van der Waals surface area (Å²) < 4.78 is 1.98. The van der Waals surface area contributed by atoms with Crippen LogP contribution in [-0.2, 0) is 11.3 Å². The molecule has 1 amide bonds. The number of thioether (sulfide) groups is 1. The van der Waals surface area contributed by atoms with Crippen molar-refractivity contribution < 1.29 is 4.79 Å². The predicted molar refractivity (Wildman–Crippen MR) is 115 cm³/mol. The maximum absolute atomic E-state index is 12.2. The van der Waals surface area contributed by atoms with Crippen LogP contribution in [0.4, 0.5) is 0 Å². The first-order chi connectivity index (χ1) is 13.5. The Morgan fingerprint density at radius 3 is 2.61 bits per heavy atom. The van der Waals surface area contributed by atoms with Crippen LogP contribution in [0.3, 0.4) is 0 Å². The Morgan fingerprint density at radius 1 is 1.18 bits per heavy atom. The van der Waals surface area contributed by atoms with Gasteiger partial charge >= 0.3 is 0 Å². The second-order valence-corrected chi connectivity index (χ2v) is 8.31. The summed E-state index contributed by atoms with van der Waals surface area (Å²) in [5.41, 5.74) is 1.84. The van der Waals surface area contributed by atoms with Gasteiger partial charge in [-0.25, -0.2) is 0 Å². The fourth-order valence-corrected chi connectivity index (χ4v) is 4.05. The van der Waals surface area contributed by atoms with Gasteiger partial charge in [0.05, 0.1) is 16.8 Å². The van der Waals surface area contributed by atoms with E-state index in [4.69, 9.17) is 23.2 Å². The highest BCUT2D eigenvalue weighted by Gasteiger charge is 2.21. The lowest BCUT2D eigenvalue weighted by atomic mass is 10.2. The molecule has 146 valence electrons. The van der Waals surface area contributed by atoms with Gasteiger partial charge in [0, 0.05) is 17.1 Å². The molecule has 0 aliphatic heterocycles. The number of carbonyl (C=O) groups excluding carboxylic acids is 1. The molecule has 28 heavy (non-hydrogen) atoms. The van der Waals surface area contributed by atoms with E-state index >= 15 is 0 Å². The van der Waals surface area contributed by atoms with Crippen LogP contribution in [0.15, 0.2) is 53.7 Å². The van der Waals surface area contributed by atoms with Gasteiger partial charge in [0.25, 0.3) is 0 Å². The SMILES string of the molecule is CCNC(=O)C(C)Sc1nnc(-c2ccc(Cl)cc2Cl)n1Cc1ccccc1. The first-order valence-corrected chi connectivity index (χ1v) is 10.5. The molecule has 0 bridgehead atoms. The zero-order valence-electron chi connectivity index (χ0n) is 15.5. The van der Waals surface area contributed by atoms with Crippen molar-refractivity contribution in [2.75, 3.05) is 6.54 Å². The summed E-state index contributed by atoms with van der Waals surface area (Å²) in [5, 5.41) is 13.0. The quantitative estimate of drug-likeness (QED) is 0.536. The molecule has 3 rings (SSSR count). The van der Waals surface area contributed by atoms with Gasteiger partial charge in [0.15, 0.2) is 11.0 Å².